The summed E-state index contributed by atoms with van der Waals surface area (Å²) in [4.78, 5) is 33.3. The maximum atomic E-state index is 12.3. The van der Waals surface area contributed by atoms with Gasteiger partial charge >= 0.3 is 5.97 Å². The van der Waals surface area contributed by atoms with Crippen molar-refractivity contribution in [2.75, 3.05) is 19.4 Å². The molecule has 0 atom stereocenters. The number of esters is 1. The van der Waals surface area contributed by atoms with Gasteiger partial charge in [0.05, 0.1) is 20.3 Å². The maximum absolute atomic E-state index is 12.3. The molecule has 0 heterocycles. The Morgan fingerprint density at radius 1 is 1.34 bits per heavy atom. The van der Waals surface area contributed by atoms with Gasteiger partial charge in [0.25, 0.3) is 5.69 Å². The van der Waals surface area contributed by atoms with E-state index in [1.807, 2.05) is 4.72 Å². The zero-order valence-corrected chi connectivity index (χ0v) is 17.3. The van der Waals surface area contributed by atoms with Crippen LogP contribution in [0, 0.1) is 15.5 Å². The van der Waals surface area contributed by atoms with Crippen molar-refractivity contribution in [3.63, 3.8) is 0 Å². The Hall–Kier alpha value is -2.77. The summed E-state index contributed by atoms with van der Waals surface area (Å²) < 4.78 is 31.1. The summed E-state index contributed by atoms with van der Waals surface area (Å²) in [5, 5.41) is 28.2. The molecule has 1 rings (SSSR count). The lowest BCUT2D eigenvalue weighted by atomic mass is 10.1. The van der Waals surface area contributed by atoms with Crippen molar-refractivity contribution < 1.29 is 32.8 Å². The Bertz CT molecular complexity index is 970. The van der Waals surface area contributed by atoms with Crippen LogP contribution < -0.4 is 4.72 Å². The fourth-order valence-electron chi connectivity index (χ4n) is 2.17. The first-order chi connectivity index (χ1) is 13.4. The minimum Gasteiger partial charge on any atom is -0.508 e. The number of ketones is 1. The van der Waals surface area contributed by atoms with Crippen LogP contribution in [0.3, 0.4) is 0 Å². The third-order valence-electron chi connectivity index (χ3n) is 3.45. The molecule has 0 radical (unpaired) electrons. The zero-order chi connectivity index (χ0) is 22.4. The first-order valence-corrected chi connectivity index (χ1v) is 10.6. The highest BCUT2D eigenvalue weighted by molar-refractivity contribution is 7.98. The molecule has 11 nitrogen and oxygen atoms in total. The maximum Gasteiger partial charge on any atom is 0.321 e. The normalized spacial score (nSPS) is 12.1. The van der Waals surface area contributed by atoms with Crippen molar-refractivity contribution in [1.82, 2.24) is 4.72 Å². The monoisotopic (exact) mass is 445 g/mol. The molecular weight excluding hydrogens is 426 g/mol. The summed E-state index contributed by atoms with van der Waals surface area (Å²) in [6.07, 6.45) is 1.60. The van der Waals surface area contributed by atoms with E-state index in [0.29, 0.717) is 0 Å². The molecule has 1 aromatic carbocycles. The van der Waals surface area contributed by atoms with Crippen LogP contribution >= 0.6 is 11.8 Å². The lowest BCUT2D eigenvalue weighted by Gasteiger charge is -2.10. The molecule has 0 aromatic heterocycles. The highest BCUT2D eigenvalue weighted by Crippen LogP contribution is 2.29. The zero-order valence-electron chi connectivity index (χ0n) is 15.7. The van der Waals surface area contributed by atoms with E-state index >= 15 is 0 Å². The Kier molecular flexibility index (Phi) is 8.48. The van der Waals surface area contributed by atoms with E-state index in [0.717, 1.165) is 30.8 Å². The van der Waals surface area contributed by atoms with Gasteiger partial charge in [0.2, 0.25) is 10.0 Å². The second-order valence-electron chi connectivity index (χ2n) is 5.58. The first-order valence-electron chi connectivity index (χ1n) is 7.87. The van der Waals surface area contributed by atoms with E-state index in [2.05, 4.69) is 4.74 Å². The number of nitro benzene ring substituents is 1. The third kappa shape index (κ3) is 6.66. The highest BCUT2D eigenvalue weighted by Gasteiger charge is 2.22. The second-order valence-corrected chi connectivity index (χ2v) is 8.19. The summed E-state index contributed by atoms with van der Waals surface area (Å²) in [6.45, 7) is 0.859. The van der Waals surface area contributed by atoms with Gasteiger partial charge in [-0.05, 0) is 32.2 Å². The lowest BCUT2D eigenvalue weighted by molar-refractivity contribution is -0.388. The Labute approximate surface area is 170 Å². The minimum atomic E-state index is -4.25. The lowest BCUT2D eigenvalue weighted by Crippen LogP contribution is -2.31. The topological polar surface area (TPSA) is 177 Å². The van der Waals surface area contributed by atoms with Gasteiger partial charge in [-0.2, -0.15) is 4.72 Å². The molecule has 1 aromatic rings. The number of nitrogens with zero attached hydrogens (tertiary/aromatic N) is 1. The van der Waals surface area contributed by atoms with Crippen LogP contribution in [-0.4, -0.2) is 55.3 Å². The fraction of sp³-hybridized carbons (Fsp3) is 0.312. The van der Waals surface area contributed by atoms with Crippen LogP contribution in [0.25, 0.3) is 0 Å². The molecule has 0 saturated heterocycles. The summed E-state index contributed by atoms with van der Waals surface area (Å²) in [7, 11) is -4.25. The van der Waals surface area contributed by atoms with Gasteiger partial charge in [0, 0.05) is 11.8 Å². The van der Waals surface area contributed by atoms with Crippen LogP contribution in [0.15, 0.2) is 39.3 Å². The van der Waals surface area contributed by atoms with Crippen molar-refractivity contribution >= 4 is 44.9 Å². The molecule has 0 fully saturated rings. The molecule has 0 spiro atoms. The van der Waals surface area contributed by atoms with E-state index < -0.39 is 56.2 Å². The quantitative estimate of drug-likeness (QED) is 0.0917. The van der Waals surface area contributed by atoms with Crippen LogP contribution in [0.2, 0.25) is 0 Å². The van der Waals surface area contributed by atoms with Gasteiger partial charge in [-0.3, -0.25) is 19.7 Å². The van der Waals surface area contributed by atoms with E-state index in [-0.39, 0.29) is 16.2 Å². The van der Waals surface area contributed by atoms with Crippen LogP contribution in [0.1, 0.15) is 13.8 Å². The number of ether oxygens (including phenoxy) is 1. The predicted octanol–water partition coefficient (Wildman–Crippen LogP) is 1.58. The molecule has 29 heavy (non-hydrogen) atoms. The van der Waals surface area contributed by atoms with Gasteiger partial charge in [-0.25, -0.2) is 8.42 Å². The number of rotatable bonds is 10. The number of allylic oxidation sites excluding steroid dienone is 1. The number of thioether (sulfide) groups is 1. The van der Waals surface area contributed by atoms with Crippen LogP contribution in [0.5, 0.6) is 0 Å². The van der Waals surface area contributed by atoms with E-state index in [9.17, 15) is 33.2 Å². The minimum absolute atomic E-state index is 0.220. The molecule has 13 heteroatoms. The summed E-state index contributed by atoms with van der Waals surface area (Å²) in [6, 6.07) is 3.31. The van der Waals surface area contributed by atoms with Crippen molar-refractivity contribution in [2.24, 2.45) is 0 Å². The summed E-state index contributed by atoms with van der Waals surface area (Å²) in [5.41, 5.74) is -0.918. The molecule has 158 valence electrons. The van der Waals surface area contributed by atoms with Crippen molar-refractivity contribution in [2.45, 2.75) is 23.6 Å². The Morgan fingerprint density at radius 3 is 2.45 bits per heavy atom. The van der Waals surface area contributed by atoms with E-state index in [4.69, 9.17) is 5.41 Å². The van der Waals surface area contributed by atoms with Crippen molar-refractivity contribution in [3.05, 3.63) is 39.6 Å². The van der Waals surface area contributed by atoms with Gasteiger partial charge in [-0.1, -0.05) is 0 Å². The Morgan fingerprint density at radius 2 is 1.97 bits per heavy atom. The van der Waals surface area contributed by atoms with Gasteiger partial charge < -0.3 is 15.3 Å². The van der Waals surface area contributed by atoms with Gasteiger partial charge in [-0.15, -0.1) is 11.8 Å². The molecule has 0 aliphatic heterocycles. The SMILES string of the molecule is CSc1ccc(S(=O)(=O)NCC(=O)OC/C(O)=C(\C(C)=N)C(C)=O)cc1[N+](=O)[O-]. The molecule has 0 bridgehead atoms. The number of nitrogens with one attached hydrogen (secondary N) is 2. The highest BCUT2D eigenvalue weighted by atomic mass is 32.2. The average Bonchev–Trinajstić information content (AvgIpc) is 2.63. The standard InChI is InChI=1S/C16H19N3O8S2/c1-9(17)16(10(2)20)13(21)8-27-15(22)7-18-29(25,26)11-4-5-14(28-3)12(6-11)19(23)24/h4-6,17-18,21H,7-8H2,1-3H3/b16-13-,17-9?. The molecule has 0 amide bonds. The molecular formula is C16H19N3O8S2. The van der Waals surface area contributed by atoms with Crippen molar-refractivity contribution in [1.29, 1.82) is 5.41 Å². The number of sulfonamides is 1. The number of hydrogen-bond donors (Lipinski definition) is 3. The number of aliphatic hydroxyl groups is 1. The fourth-order valence-corrected chi connectivity index (χ4v) is 3.71. The number of carbonyl (C=O) groups is 2. The number of aliphatic hydroxyl groups excluding tert-OH is 1. The molecule has 3 N–H and O–H groups in total. The summed E-state index contributed by atoms with van der Waals surface area (Å²) >= 11 is 1.08. The number of benzene rings is 1. The number of carbonyl (C=O) groups excluding carboxylic acids is 2. The molecule has 0 unspecified atom stereocenters. The predicted molar refractivity (Wildman–Crippen MR) is 105 cm³/mol. The van der Waals surface area contributed by atoms with E-state index in [1.54, 1.807) is 6.26 Å². The first kappa shape index (κ1) is 24.3. The van der Waals surface area contributed by atoms with Gasteiger partial charge in [0.1, 0.15) is 18.9 Å². The number of hydrogen-bond acceptors (Lipinski definition) is 10. The van der Waals surface area contributed by atoms with E-state index in [1.165, 1.54) is 13.0 Å². The second kappa shape index (κ2) is 10.1. The van der Waals surface area contributed by atoms with Crippen LogP contribution in [0.4, 0.5) is 5.69 Å². The average molecular weight is 445 g/mol. The van der Waals surface area contributed by atoms with Crippen molar-refractivity contribution in [3.8, 4) is 0 Å². The van der Waals surface area contributed by atoms with Gasteiger partial charge in [0.15, 0.2) is 5.78 Å². The smallest absolute Gasteiger partial charge is 0.321 e. The number of nitro groups is 1. The Balaban J connectivity index is 2.85. The number of Topliss-reactive ketones (excluding diaryl/α,β-unsaturated/α-hetero) is 1. The summed E-state index contributed by atoms with van der Waals surface area (Å²) in [5.74, 6) is -2.30. The molecule has 0 aliphatic rings. The molecule has 0 saturated carbocycles. The molecule has 0 aliphatic carbocycles. The van der Waals surface area contributed by atoms with Crippen LogP contribution in [-0.2, 0) is 24.3 Å². The third-order valence-corrected chi connectivity index (χ3v) is 5.63. The largest absolute Gasteiger partial charge is 0.508 e.